The lowest BCUT2D eigenvalue weighted by Crippen LogP contribution is -2.24. The van der Waals surface area contributed by atoms with E-state index in [1.165, 1.54) is 12.1 Å². The number of nitrogens with two attached hydrogens (primary N) is 2. The van der Waals surface area contributed by atoms with E-state index in [0.717, 1.165) is 0 Å². The number of benzene rings is 1. The summed E-state index contributed by atoms with van der Waals surface area (Å²) in [6, 6.07) is 2.92. The van der Waals surface area contributed by atoms with Gasteiger partial charge in [0.15, 0.2) is 0 Å². The standard InChI is InChI=1S/C12H15Cl2N3O2/c13-8-5-7(6-9(15)11(8)14)12(19)17-4-2-1-3-10(16)18/h5-6H,1-4,15H2,(H2,16,18)(H,17,19). The van der Waals surface area contributed by atoms with Gasteiger partial charge in [-0.3, -0.25) is 9.59 Å². The zero-order valence-electron chi connectivity index (χ0n) is 10.2. The second-order valence-corrected chi connectivity index (χ2v) is 4.83. The smallest absolute Gasteiger partial charge is 0.251 e. The van der Waals surface area contributed by atoms with Crippen molar-refractivity contribution < 1.29 is 9.59 Å². The van der Waals surface area contributed by atoms with Gasteiger partial charge < -0.3 is 16.8 Å². The molecule has 1 rings (SSSR count). The van der Waals surface area contributed by atoms with Crippen molar-refractivity contribution in [3.8, 4) is 0 Å². The number of primary amides is 1. The highest BCUT2D eigenvalue weighted by atomic mass is 35.5. The van der Waals surface area contributed by atoms with Crippen LogP contribution in [0.3, 0.4) is 0 Å². The summed E-state index contributed by atoms with van der Waals surface area (Å²) >= 11 is 11.6. The van der Waals surface area contributed by atoms with Crippen molar-refractivity contribution in [2.45, 2.75) is 19.3 Å². The number of amides is 2. The van der Waals surface area contributed by atoms with E-state index in [2.05, 4.69) is 5.32 Å². The van der Waals surface area contributed by atoms with E-state index in [1.807, 2.05) is 0 Å². The second-order valence-electron chi connectivity index (χ2n) is 4.04. The van der Waals surface area contributed by atoms with Crippen LogP contribution in [-0.2, 0) is 4.79 Å². The zero-order chi connectivity index (χ0) is 14.4. The number of nitrogens with one attached hydrogen (secondary N) is 1. The number of carbonyl (C=O) groups is 2. The van der Waals surface area contributed by atoms with Crippen LogP contribution in [0, 0.1) is 0 Å². The highest BCUT2D eigenvalue weighted by Crippen LogP contribution is 2.29. The first kappa shape index (κ1) is 15.6. The number of unbranched alkanes of at least 4 members (excludes halogenated alkanes) is 1. The van der Waals surface area contributed by atoms with E-state index in [4.69, 9.17) is 34.7 Å². The van der Waals surface area contributed by atoms with Crippen molar-refractivity contribution in [3.63, 3.8) is 0 Å². The molecule has 0 unspecified atom stereocenters. The third-order valence-corrected chi connectivity index (χ3v) is 3.27. The van der Waals surface area contributed by atoms with Gasteiger partial charge in [-0.15, -0.1) is 0 Å². The second kappa shape index (κ2) is 7.21. The number of anilines is 1. The number of carbonyl (C=O) groups excluding carboxylic acids is 2. The Morgan fingerprint density at radius 3 is 2.47 bits per heavy atom. The number of nitrogen functional groups attached to an aromatic ring is 1. The molecule has 0 atom stereocenters. The average molecular weight is 304 g/mol. The van der Waals surface area contributed by atoms with Crippen LogP contribution in [0.5, 0.6) is 0 Å². The highest BCUT2D eigenvalue weighted by Gasteiger charge is 2.10. The Morgan fingerprint density at radius 1 is 1.21 bits per heavy atom. The first-order valence-corrected chi connectivity index (χ1v) is 6.48. The van der Waals surface area contributed by atoms with Crippen LogP contribution in [-0.4, -0.2) is 18.4 Å². The van der Waals surface area contributed by atoms with Gasteiger partial charge in [0.25, 0.3) is 5.91 Å². The van der Waals surface area contributed by atoms with Crippen molar-refractivity contribution in [3.05, 3.63) is 27.7 Å². The number of rotatable bonds is 6. The summed E-state index contributed by atoms with van der Waals surface area (Å²) < 4.78 is 0. The summed E-state index contributed by atoms with van der Waals surface area (Å²) in [5, 5.41) is 3.17. The molecule has 0 heterocycles. The van der Waals surface area contributed by atoms with Crippen LogP contribution in [0.1, 0.15) is 29.6 Å². The molecule has 0 aliphatic rings. The van der Waals surface area contributed by atoms with E-state index in [9.17, 15) is 9.59 Å². The summed E-state index contributed by atoms with van der Waals surface area (Å²) in [5.74, 6) is -0.632. The minimum atomic E-state index is -0.344. The van der Waals surface area contributed by atoms with Gasteiger partial charge in [-0.1, -0.05) is 23.2 Å². The molecule has 1 aromatic rings. The topological polar surface area (TPSA) is 98.2 Å². The Morgan fingerprint density at radius 2 is 1.89 bits per heavy atom. The molecule has 5 nitrogen and oxygen atoms in total. The number of halogens is 2. The largest absolute Gasteiger partial charge is 0.397 e. The van der Waals surface area contributed by atoms with Crippen LogP contribution in [0.2, 0.25) is 10.0 Å². The predicted molar refractivity (Wildman–Crippen MR) is 76.3 cm³/mol. The van der Waals surface area contributed by atoms with E-state index in [1.54, 1.807) is 0 Å². The lowest BCUT2D eigenvalue weighted by molar-refractivity contribution is -0.118. The molecule has 2 amide bonds. The van der Waals surface area contributed by atoms with E-state index < -0.39 is 0 Å². The van der Waals surface area contributed by atoms with Gasteiger partial charge in [0, 0.05) is 18.5 Å². The molecular formula is C12H15Cl2N3O2. The molecule has 0 spiro atoms. The maximum Gasteiger partial charge on any atom is 0.251 e. The predicted octanol–water partition coefficient (Wildman–Crippen LogP) is 1.96. The van der Waals surface area contributed by atoms with Gasteiger partial charge in [0.2, 0.25) is 5.91 Å². The van der Waals surface area contributed by atoms with Gasteiger partial charge in [0.05, 0.1) is 15.7 Å². The highest BCUT2D eigenvalue weighted by molar-refractivity contribution is 6.43. The Balaban J connectivity index is 2.48. The van der Waals surface area contributed by atoms with E-state index in [0.29, 0.717) is 31.4 Å². The van der Waals surface area contributed by atoms with Crippen LogP contribution in [0.15, 0.2) is 12.1 Å². The van der Waals surface area contributed by atoms with Crippen molar-refractivity contribution in [1.82, 2.24) is 5.32 Å². The molecule has 0 fully saturated rings. The Kier molecular flexibility index (Phi) is 5.92. The van der Waals surface area contributed by atoms with Crippen molar-refractivity contribution in [1.29, 1.82) is 0 Å². The molecule has 104 valence electrons. The third kappa shape index (κ3) is 4.96. The van der Waals surface area contributed by atoms with Crippen molar-refractivity contribution >= 4 is 40.7 Å². The summed E-state index contributed by atoms with van der Waals surface area (Å²) in [6.45, 7) is 0.451. The maximum atomic E-state index is 11.8. The minimum absolute atomic E-state index is 0.236. The van der Waals surface area contributed by atoms with E-state index in [-0.39, 0.29) is 27.5 Å². The molecule has 0 aliphatic heterocycles. The fraction of sp³-hybridized carbons (Fsp3) is 0.333. The van der Waals surface area contributed by atoms with Gasteiger partial charge >= 0.3 is 0 Å². The Hall–Kier alpha value is -1.46. The lowest BCUT2D eigenvalue weighted by atomic mass is 10.2. The fourth-order valence-corrected chi connectivity index (χ4v) is 1.81. The molecular weight excluding hydrogens is 289 g/mol. The minimum Gasteiger partial charge on any atom is -0.397 e. The molecule has 0 radical (unpaired) electrons. The molecule has 7 heteroatoms. The summed E-state index contributed by atoms with van der Waals surface area (Å²) in [5.41, 5.74) is 11.2. The fourth-order valence-electron chi connectivity index (χ4n) is 1.47. The SMILES string of the molecule is NC(=O)CCCCNC(=O)c1cc(N)c(Cl)c(Cl)c1. The maximum absolute atomic E-state index is 11.8. The molecule has 1 aromatic carbocycles. The quantitative estimate of drug-likeness (QED) is 0.553. The number of hydrogen-bond acceptors (Lipinski definition) is 3. The summed E-state index contributed by atoms with van der Waals surface area (Å²) in [6.07, 6.45) is 1.63. The van der Waals surface area contributed by atoms with Gasteiger partial charge in [-0.2, -0.15) is 0 Å². The average Bonchev–Trinajstić information content (AvgIpc) is 2.34. The first-order chi connectivity index (χ1) is 8.91. The molecule has 0 bridgehead atoms. The normalized spacial score (nSPS) is 10.2. The Labute approximate surface area is 121 Å². The summed E-state index contributed by atoms with van der Waals surface area (Å²) in [7, 11) is 0. The summed E-state index contributed by atoms with van der Waals surface area (Å²) in [4.78, 5) is 22.3. The molecule has 0 saturated heterocycles. The molecule has 19 heavy (non-hydrogen) atoms. The van der Waals surface area contributed by atoms with Gasteiger partial charge in [-0.05, 0) is 25.0 Å². The van der Waals surface area contributed by atoms with Crippen molar-refractivity contribution in [2.75, 3.05) is 12.3 Å². The monoisotopic (exact) mass is 303 g/mol. The van der Waals surface area contributed by atoms with Gasteiger partial charge in [-0.25, -0.2) is 0 Å². The molecule has 0 saturated carbocycles. The van der Waals surface area contributed by atoms with Gasteiger partial charge in [0.1, 0.15) is 0 Å². The molecule has 5 N–H and O–H groups in total. The Bertz CT molecular complexity index is 469. The lowest BCUT2D eigenvalue weighted by Gasteiger charge is -2.07. The van der Waals surface area contributed by atoms with Crippen molar-refractivity contribution in [2.24, 2.45) is 5.73 Å². The number of hydrogen-bond donors (Lipinski definition) is 3. The van der Waals surface area contributed by atoms with Crippen LogP contribution in [0.25, 0.3) is 0 Å². The molecule has 0 aliphatic carbocycles. The van der Waals surface area contributed by atoms with E-state index >= 15 is 0 Å². The van der Waals surface area contributed by atoms with Crippen LogP contribution in [0.4, 0.5) is 5.69 Å². The third-order valence-electron chi connectivity index (χ3n) is 2.45. The van der Waals surface area contributed by atoms with Crippen LogP contribution < -0.4 is 16.8 Å². The molecule has 0 aromatic heterocycles. The zero-order valence-corrected chi connectivity index (χ0v) is 11.7. The van der Waals surface area contributed by atoms with Crippen LogP contribution >= 0.6 is 23.2 Å². The first-order valence-electron chi connectivity index (χ1n) is 5.73.